The van der Waals surface area contributed by atoms with Crippen molar-refractivity contribution in [2.45, 2.75) is 31.9 Å². The van der Waals surface area contributed by atoms with Crippen molar-refractivity contribution >= 4 is 17.7 Å². The fraction of sp³-hybridized carbons (Fsp3) is 0.533. The minimum absolute atomic E-state index is 0.312. The Kier molecular flexibility index (Phi) is 5.12. The quantitative estimate of drug-likeness (QED) is 0.831. The number of carbonyl (C=O) groups excluding carboxylic acids is 1. The highest BCUT2D eigenvalue weighted by atomic mass is 32.2. The summed E-state index contributed by atoms with van der Waals surface area (Å²) in [5.74, 6) is 1.86. The second-order valence-corrected chi connectivity index (χ2v) is 5.91. The van der Waals surface area contributed by atoms with Crippen LogP contribution in [0, 0.1) is 6.92 Å². The molecular weight excluding hydrogens is 242 g/mol. The van der Waals surface area contributed by atoms with E-state index in [2.05, 4.69) is 31.2 Å². The summed E-state index contributed by atoms with van der Waals surface area (Å²) in [6, 6.07) is 8.55. The second-order valence-electron chi connectivity index (χ2n) is 4.92. The van der Waals surface area contributed by atoms with E-state index < -0.39 is 0 Å². The number of likely N-dealkylation sites (tertiary alicyclic amines) is 1. The van der Waals surface area contributed by atoms with Gasteiger partial charge in [-0.05, 0) is 31.7 Å². The normalized spacial score (nSPS) is 15.7. The Labute approximate surface area is 114 Å². The first-order valence-corrected chi connectivity index (χ1v) is 7.82. The van der Waals surface area contributed by atoms with Gasteiger partial charge in [-0.3, -0.25) is 4.79 Å². The highest BCUT2D eigenvalue weighted by Crippen LogP contribution is 2.15. The van der Waals surface area contributed by atoms with Gasteiger partial charge < -0.3 is 4.90 Å². The van der Waals surface area contributed by atoms with Gasteiger partial charge in [-0.25, -0.2) is 0 Å². The number of nitrogens with zero attached hydrogens (tertiary/aromatic N) is 1. The van der Waals surface area contributed by atoms with Crippen molar-refractivity contribution in [3.05, 3.63) is 35.4 Å². The van der Waals surface area contributed by atoms with E-state index in [0.717, 1.165) is 18.8 Å². The third kappa shape index (κ3) is 4.05. The molecule has 0 N–H and O–H groups in total. The molecule has 98 valence electrons. The number of aryl methyl sites for hydroxylation is 1. The van der Waals surface area contributed by atoms with Gasteiger partial charge in [-0.2, -0.15) is 0 Å². The highest BCUT2D eigenvalue weighted by Gasteiger charge is 2.15. The summed E-state index contributed by atoms with van der Waals surface area (Å²) in [4.78, 5) is 14.0. The Morgan fingerprint density at radius 3 is 2.50 bits per heavy atom. The zero-order valence-corrected chi connectivity index (χ0v) is 11.8. The number of carbonyl (C=O) groups is 1. The van der Waals surface area contributed by atoms with Crippen molar-refractivity contribution in [3.63, 3.8) is 0 Å². The third-order valence-electron chi connectivity index (χ3n) is 3.32. The predicted octanol–water partition coefficient (Wildman–Crippen LogP) is 3.24. The molecule has 1 heterocycles. The van der Waals surface area contributed by atoms with Gasteiger partial charge in [0.15, 0.2) is 0 Å². The highest BCUT2D eigenvalue weighted by molar-refractivity contribution is 7.99. The molecule has 0 atom stereocenters. The fourth-order valence-electron chi connectivity index (χ4n) is 2.18. The van der Waals surface area contributed by atoms with Gasteiger partial charge in [-0.1, -0.05) is 29.8 Å². The van der Waals surface area contributed by atoms with Crippen LogP contribution in [0.15, 0.2) is 24.3 Å². The van der Waals surface area contributed by atoms with Gasteiger partial charge in [0.1, 0.15) is 0 Å². The minimum Gasteiger partial charge on any atom is -0.342 e. The number of piperidine rings is 1. The molecule has 1 amide bonds. The second kappa shape index (κ2) is 6.83. The molecule has 2 rings (SSSR count). The fourth-order valence-corrected chi connectivity index (χ4v) is 3.06. The van der Waals surface area contributed by atoms with Gasteiger partial charge in [0.2, 0.25) is 5.91 Å². The van der Waals surface area contributed by atoms with E-state index in [0.29, 0.717) is 11.7 Å². The molecule has 0 bridgehead atoms. The molecule has 1 aromatic rings. The van der Waals surface area contributed by atoms with Crippen LogP contribution in [0.5, 0.6) is 0 Å². The summed E-state index contributed by atoms with van der Waals surface area (Å²) in [5, 5.41) is 0. The average molecular weight is 263 g/mol. The molecule has 1 fully saturated rings. The van der Waals surface area contributed by atoms with Crippen LogP contribution < -0.4 is 0 Å². The first-order chi connectivity index (χ1) is 8.75. The van der Waals surface area contributed by atoms with Gasteiger partial charge in [0, 0.05) is 18.8 Å². The average Bonchev–Trinajstić information content (AvgIpc) is 2.42. The maximum Gasteiger partial charge on any atom is 0.232 e. The monoisotopic (exact) mass is 263 g/mol. The van der Waals surface area contributed by atoms with Crippen LogP contribution in [-0.2, 0) is 10.5 Å². The number of thioether (sulfide) groups is 1. The molecule has 0 saturated carbocycles. The molecule has 3 heteroatoms. The van der Waals surface area contributed by atoms with Crippen molar-refractivity contribution in [2.75, 3.05) is 18.8 Å². The summed E-state index contributed by atoms with van der Waals surface area (Å²) in [5.41, 5.74) is 2.59. The number of rotatable bonds is 4. The summed E-state index contributed by atoms with van der Waals surface area (Å²) >= 11 is 1.72. The van der Waals surface area contributed by atoms with Crippen LogP contribution in [0.2, 0.25) is 0 Å². The van der Waals surface area contributed by atoms with Crippen molar-refractivity contribution in [2.24, 2.45) is 0 Å². The van der Waals surface area contributed by atoms with Crippen molar-refractivity contribution < 1.29 is 4.79 Å². The standard InChI is InChI=1S/C15H21NOS/c1-13-5-7-14(8-6-13)11-18-12-15(17)16-9-3-2-4-10-16/h5-8H,2-4,9-12H2,1H3. The maximum absolute atomic E-state index is 11.9. The number of hydrogen-bond acceptors (Lipinski definition) is 2. The molecule has 0 spiro atoms. The molecule has 0 aromatic heterocycles. The number of hydrogen-bond donors (Lipinski definition) is 0. The molecule has 0 aliphatic carbocycles. The van der Waals surface area contributed by atoms with E-state index in [-0.39, 0.29) is 0 Å². The van der Waals surface area contributed by atoms with E-state index in [9.17, 15) is 4.79 Å². The SMILES string of the molecule is Cc1ccc(CSCC(=O)N2CCCCC2)cc1. The zero-order valence-electron chi connectivity index (χ0n) is 11.0. The van der Waals surface area contributed by atoms with E-state index in [1.54, 1.807) is 11.8 Å². The lowest BCUT2D eigenvalue weighted by atomic mass is 10.1. The molecule has 2 nitrogen and oxygen atoms in total. The molecule has 1 aliphatic heterocycles. The van der Waals surface area contributed by atoms with Gasteiger partial charge in [-0.15, -0.1) is 11.8 Å². The van der Waals surface area contributed by atoms with Gasteiger partial charge in [0.25, 0.3) is 0 Å². The number of benzene rings is 1. The van der Waals surface area contributed by atoms with Crippen LogP contribution in [-0.4, -0.2) is 29.6 Å². The van der Waals surface area contributed by atoms with Gasteiger partial charge >= 0.3 is 0 Å². The Morgan fingerprint density at radius 1 is 1.17 bits per heavy atom. The van der Waals surface area contributed by atoms with Crippen LogP contribution in [0.1, 0.15) is 30.4 Å². The minimum atomic E-state index is 0.312. The first kappa shape index (κ1) is 13.5. The zero-order chi connectivity index (χ0) is 12.8. The summed E-state index contributed by atoms with van der Waals surface area (Å²) < 4.78 is 0. The molecule has 1 aliphatic rings. The Bertz CT molecular complexity index is 382. The summed E-state index contributed by atoms with van der Waals surface area (Å²) in [6.07, 6.45) is 3.63. The van der Waals surface area contributed by atoms with Crippen molar-refractivity contribution in [1.82, 2.24) is 4.90 Å². The number of amides is 1. The molecule has 0 unspecified atom stereocenters. The largest absolute Gasteiger partial charge is 0.342 e. The smallest absolute Gasteiger partial charge is 0.232 e. The molecule has 1 aromatic carbocycles. The van der Waals surface area contributed by atoms with E-state index in [1.807, 2.05) is 4.90 Å². The predicted molar refractivity (Wildman–Crippen MR) is 77.8 cm³/mol. The molecular formula is C15H21NOS. The molecule has 1 saturated heterocycles. The van der Waals surface area contributed by atoms with Crippen LogP contribution in [0.4, 0.5) is 0 Å². The maximum atomic E-state index is 11.9. The lowest BCUT2D eigenvalue weighted by Gasteiger charge is -2.26. The van der Waals surface area contributed by atoms with Crippen LogP contribution >= 0.6 is 11.8 Å². The van der Waals surface area contributed by atoms with Crippen LogP contribution in [0.3, 0.4) is 0 Å². The lowest BCUT2D eigenvalue weighted by Crippen LogP contribution is -2.36. The third-order valence-corrected chi connectivity index (χ3v) is 4.31. The lowest BCUT2D eigenvalue weighted by molar-refractivity contribution is -0.129. The molecule has 18 heavy (non-hydrogen) atoms. The van der Waals surface area contributed by atoms with E-state index >= 15 is 0 Å². The topological polar surface area (TPSA) is 20.3 Å². The van der Waals surface area contributed by atoms with Gasteiger partial charge in [0.05, 0.1) is 5.75 Å². The summed E-state index contributed by atoms with van der Waals surface area (Å²) in [7, 11) is 0. The summed E-state index contributed by atoms with van der Waals surface area (Å²) in [6.45, 7) is 4.02. The Hall–Kier alpha value is -0.960. The van der Waals surface area contributed by atoms with E-state index in [4.69, 9.17) is 0 Å². The van der Waals surface area contributed by atoms with E-state index in [1.165, 1.54) is 30.4 Å². The van der Waals surface area contributed by atoms with Crippen molar-refractivity contribution in [1.29, 1.82) is 0 Å². The van der Waals surface area contributed by atoms with Crippen molar-refractivity contribution in [3.8, 4) is 0 Å². The molecule has 0 radical (unpaired) electrons. The van der Waals surface area contributed by atoms with Crippen LogP contribution in [0.25, 0.3) is 0 Å². The first-order valence-electron chi connectivity index (χ1n) is 6.67. The Balaban J connectivity index is 1.71. The Morgan fingerprint density at radius 2 is 1.83 bits per heavy atom.